The molecule has 0 bridgehead atoms. The molecule has 0 saturated carbocycles. The Bertz CT molecular complexity index is 495. The number of phenolic OH excluding ortho intramolecular Hbond substituents is 1. The van der Waals surface area contributed by atoms with Crippen LogP contribution >= 0.6 is 0 Å². The Morgan fingerprint density at radius 3 is 2.67 bits per heavy atom. The van der Waals surface area contributed by atoms with E-state index < -0.39 is 23.5 Å². The molecular formula is C12H11FO5. The molecule has 96 valence electrons. The number of ether oxygens (including phenoxy) is 1. The van der Waals surface area contributed by atoms with Crippen LogP contribution in [-0.2, 0) is 16.0 Å². The van der Waals surface area contributed by atoms with Gasteiger partial charge < -0.3 is 14.9 Å². The van der Waals surface area contributed by atoms with Crippen molar-refractivity contribution in [3.8, 4) is 5.75 Å². The summed E-state index contributed by atoms with van der Waals surface area (Å²) in [7, 11) is 0. The molecule has 0 aliphatic carbocycles. The molecule has 0 heterocycles. The maximum atomic E-state index is 13.6. The Morgan fingerprint density at radius 2 is 2.11 bits per heavy atom. The molecule has 1 aromatic carbocycles. The van der Waals surface area contributed by atoms with Crippen LogP contribution in [0, 0.1) is 5.82 Å². The van der Waals surface area contributed by atoms with Crippen molar-refractivity contribution in [2.24, 2.45) is 0 Å². The molecule has 18 heavy (non-hydrogen) atoms. The molecule has 1 rings (SSSR count). The largest absolute Gasteiger partial charge is 0.505 e. The molecule has 0 radical (unpaired) electrons. The van der Waals surface area contributed by atoms with Gasteiger partial charge >= 0.3 is 11.9 Å². The van der Waals surface area contributed by atoms with Crippen molar-refractivity contribution in [1.82, 2.24) is 0 Å². The van der Waals surface area contributed by atoms with E-state index in [1.165, 1.54) is 0 Å². The molecule has 6 heteroatoms. The lowest BCUT2D eigenvalue weighted by atomic mass is 10.0. The van der Waals surface area contributed by atoms with Gasteiger partial charge in [0.15, 0.2) is 11.6 Å². The number of carbonyl (C=O) groups is 2. The fraction of sp³-hybridized carbons (Fsp3) is 0.167. The minimum Gasteiger partial charge on any atom is -0.505 e. The maximum absolute atomic E-state index is 13.6. The molecule has 0 amide bonds. The standard InChI is InChI=1S/C12H11FO5/c1-2-10(15)18-6-5-7-8(12(16)17)3-4-9(14)11(7)13/h2-4,14H,1,5-6H2,(H,16,17). The highest BCUT2D eigenvalue weighted by Gasteiger charge is 2.17. The summed E-state index contributed by atoms with van der Waals surface area (Å²) in [5.41, 5.74) is -0.487. The van der Waals surface area contributed by atoms with E-state index in [2.05, 4.69) is 11.3 Å². The molecule has 0 aromatic heterocycles. The number of carboxylic acids is 1. The summed E-state index contributed by atoms with van der Waals surface area (Å²) in [6, 6.07) is 2.05. The fourth-order valence-electron chi connectivity index (χ4n) is 1.37. The molecule has 0 aliphatic heterocycles. The average Bonchev–Trinajstić information content (AvgIpc) is 2.33. The number of halogens is 1. The fourth-order valence-corrected chi connectivity index (χ4v) is 1.37. The SMILES string of the molecule is C=CC(=O)OCCc1c(C(=O)O)ccc(O)c1F. The van der Waals surface area contributed by atoms with Crippen LogP contribution in [-0.4, -0.2) is 28.8 Å². The topological polar surface area (TPSA) is 83.8 Å². The predicted octanol–water partition coefficient (Wildman–Crippen LogP) is 1.50. The van der Waals surface area contributed by atoms with Crippen molar-refractivity contribution in [2.75, 3.05) is 6.61 Å². The summed E-state index contributed by atoms with van der Waals surface area (Å²) in [4.78, 5) is 21.6. The summed E-state index contributed by atoms with van der Waals surface area (Å²) >= 11 is 0. The summed E-state index contributed by atoms with van der Waals surface area (Å²) < 4.78 is 18.2. The van der Waals surface area contributed by atoms with Gasteiger partial charge in [-0.25, -0.2) is 14.0 Å². The Morgan fingerprint density at radius 1 is 1.44 bits per heavy atom. The van der Waals surface area contributed by atoms with E-state index in [9.17, 15) is 14.0 Å². The zero-order valence-corrected chi connectivity index (χ0v) is 9.35. The van der Waals surface area contributed by atoms with E-state index in [1.807, 2.05) is 0 Å². The molecule has 5 nitrogen and oxygen atoms in total. The lowest BCUT2D eigenvalue weighted by Crippen LogP contribution is -2.10. The Balaban J connectivity index is 2.92. The first-order chi connectivity index (χ1) is 8.47. The molecule has 0 aliphatic rings. The Labute approximate surface area is 102 Å². The smallest absolute Gasteiger partial charge is 0.336 e. The summed E-state index contributed by atoms with van der Waals surface area (Å²) in [5.74, 6) is -3.68. The van der Waals surface area contributed by atoms with Gasteiger partial charge in [-0.2, -0.15) is 0 Å². The number of aromatic carboxylic acids is 1. The van der Waals surface area contributed by atoms with E-state index in [0.717, 1.165) is 18.2 Å². The number of phenols is 1. The van der Waals surface area contributed by atoms with Crippen molar-refractivity contribution in [1.29, 1.82) is 0 Å². The number of carboxylic acid groups (broad SMARTS) is 1. The molecule has 0 fully saturated rings. The van der Waals surface area contributed by atoms with Crippen LogP contribution in [0.3, 0.4) is 0 Å². The summed E-state index contributed by atoms with van der Waals surface area (Å²) in [5, 5.41) is 18.0. The van der Waals surface area contributed by atoms with Gasteiger partial charge in [0, 0.05) is 18.1 Å². The van der Waals surface area contributed by atoms with Crippen molar-refractivity contribution in [3.63, 3.8) is 0 Å². The number of hydrogen-bond acceptors (Lipinski definition) is 4. The highest BCUT2D eigenvalue weighted by molar-refractivity contribution is 5.89. The van der Waals surface area contributed by atoms with E-state index >= 15 is 0 Å². The Hall–Kier alpha value is -2.37. The van der Waals surface area contributed by atoms with Crippen LogP contribution in [0.25, 0.3) is 0 Å². The number of carbonyl (C=O) groups excluding carboxylic acids is 1. The first-order valence-corrected chi connectivity index (χ1v) is 5.00. The predicted molar refractivity (Wildman–Crippen MR) is 59.9 cm³/mol. The second kappa shape index (κ2) is 5.81. The van der Waals surface area contributed by atoms with Gasteiger partial charge in [0.05, 0.1) is 12.2 Å². The van der Waals surface area contributed by atoms with Gasteiger partial charge in [-0.1, -0.05) is 6.58 Å². The zero-order valence-electron chi connectivity index (χ0n) is 9.35. The van der Waals surface area contributed by atoms with Gasteiger partial charge in [-0.05, 0) is 12.1 Å². The highest BCUT2D eigenvalue weighted by Crippen LogP contribution is 2.23. The second-order valence-corrected chi connectivity index (χ2v) is 3.35. The lowest BCUT2D eigenvalue weighted by Gasteiger charge is -2.08. The van der Waals surface area contributed by atoms with Crippen LogP contribution in [0.4, 0.5) is 4.39 Å². The number of hydrogen-bond donors (Lipinski definition) is 2. The van der Waals surface area contributed by atoms with E-state index in [-0.39, 0.29) is 24.2 Å². The number of rotatable bonds is 5. The monoisotopic (exact) mass is 254 g/mol. The Kier molecular flexibility index (Phi) is 4.42. The molecule has 0 spiro atoms. The third kappa shape index (κ3) is 3.07. The van der Waals surface area contributed by atoms with E-state index in [1.54, 1.807) is 0 Å². The van der Waals surface area contributed by atoms with Crippen LogP contribution in [0.1, 0.15) is 15.9 Å². The van der Waals surface area contributed by atoms with Gasteiger partial charge in [0.1, 0.15) is 0 Å². The molecule has 1 aromatic rings. The van der Waals surface area contributed by atoms with Gasteiger partial charge in [-0.15, -0.1) is 0 Å². The van der Waals surface area contributed by atoms with Crippen LogP contribution in [0.2, 0.25) is 0 Å². The lowest BCUT2D eigenvalue weighted by molar-refractivity contribution is -0.137. The first kappa shape index (κ1) is 13.7. The number of esters is 1. The van der Waals surface area contributed by atoms with Crippen molar-refractivity contribution < 1.29 is 28.9 Å². The average molecular weight is 254 g/mol. The van der Waals surface area contributed by atoms with Gasteiger partial charge in [0.25, 0.3) is 0 Å². The minimum absolute atomic E-state index is 0.151. The van der Waals surface area contributed by atoms with Crippen molar-refractivity contribution in [3.05, 3.63) is 41.7 Å². The molecule has 0 saturated heterocycles. The molecule has 0 unspecified atom stereocenters. The quantitative estimate of drug-likeness (QED) is 0.614. The number of aromatic hydroxyl groups is 1. The molecule has 2 N–H and O–H groups in total. The van der Waals surface area contributed by atoms with Gasteiger partial charge in [0.2, 0.25) is 0 Å². The zero-order chi connectivity index (χ0) is 13.7. The summed E-state index contributed by atoms with van der Waals surface area (Å²) in [6.45, 7) is 2.98. The normalized spacial score (nSPS) is 9.83. The van der Waals surface area contributed by atoms with Crippen molar-refractivity contribution >= 4 is 11.9 Å². The third-order valence-electron chi connectivity index (χ3n) is 2.22. The molecular weight excluding hydrogens is 243 g/mol. The molecule has 0 atom stereocenters. The minimum atomic E-state index is -1.32. The third-order valence-corrected chi connectivity index (χ3v) is 2.22. The van der Waals surface area contributed by atoms with Crippen LogP contribution in [0.15, 0.2) is 24.8 Å². The highest BCUT2D eigenvalue weighted by atomic mass is 19.1. The van der Waals surface area contributed by atoms with E-state index in [4.69, 9.17) is 10.2 Å². The van der Waals surface area contributed by atoms with Crippen molar-refractivity contribution in [2.45, 2.75) is 6.42 Å². The first-order valence-electron chi connectivity index (χ1n) is 5.00. The second-order valence-electron chi connectivity index (χ2n) is 3.35. The summed E-state index contributed by atoms with van der Waals surface area (Å²) in [6.07, 6.45) is 0.790. The maximum Gasteiger partial charge on any atom is 0.336 e. The van der Waals surface area contributed by atoms with E-state index in [0.29, 0.717) is 0 Å². The number of benzene rings is 1. The van der Waals surface area contributed by atoms with Crippen LogP contribution in [0.5, 0.6) is 5.75 Å². The van der Waals surface area contributed by atoms with Gasteiger partial charge in [-0.3, -0.25) is 0 Å². The van der Waals surface area contributed by atoms with Crippen LogP contribution < -0.4 is 0 Å².